The van der Waals surface area contributed by atoms with Crippen molar-refractivity contribution in [3.05, 3.63) is 59.9 Å². The number of halogens is 4. The Morgan fingerprint density at radius 1 is 1.19 bits per heavy atom. The van der Waals surface area contributed by atoms with Crippen molar-refractivity contribution in [2.75, 3.05) is 0 Å². The second kappa shape index (κ2) is 6.41. The van der Waals surface area contributed by atoms with Crippen molar-refractivity contribution >= 4 is 0 Å². The molecule has 144 valence electrons. The van der Waals surface area contributed by atoms with Crippen LogP contribution in [-0.2, 0) is 23.7 Å². The van der Waals surface area contributed by atoms with E-state index in [0.29, 0.717) is 6.07 Å². The molecular weight excluding hydrogens is 368 g/mol. The lowest BCUT2D eigenvalue weighted by Crippen LogP contribution is -2.52. The van der Waals surface area contributed by atoms with Crippen molar-refractivity contribution in [2.45, 2.75) is 37.6 Å². The summed E-state index contributed by atoms with van der Waals surface area (Å²) in [7, 11) is 0. The topological polar surface area (TPSA) is 92.5 Å². The van der Waals surface area contributed by atoms with Crippen molar-refractivity contribution in [1.82, 2.24) is 29.9 Å². The first-order valence-electron chi connectivity index (χ1n) is 7.84. The minimum atomic E-state index is -4.70. The average Bonchev–Trinajstić information content (AvgIpc) is 3.27. The summed E-state index contributed by atoms with van der Waals surface area (Å²) in [6.07, 6.45) is -1.18. The second-order valence-corrected chi connectivity index (χ2v) is 6.56. The molecule has 3 aromatic rings. The number of nitrogens with zero attached hydrogens (tertiary/aromatic N) is 5. The standard InChI is InChI=1S/C16H16F4N6O/c1-14(2,26-9-21-7-24-26)15(27,6-13-22-8-23-25-13)11-4-3-10(5-12(11)17)16(18,19)20/h3-5,7-9,27H,6H2,1-2H3,(H,22,23,25). The highest BCUT2D eigenvalue weighted by molar-refractivity contribution is 5.33. The fourth-order valence-corrected chi connectivity index (χ4v) is 2.91. The number of aromatic amines is 1. The molecule has 1 unspecified atom stereocenters. The fraction of sp³-hybridized carbons (Fsp3) is 0.375. The first-order chi connectivity index (χ1) is 12.6. The molecule has 1 atom stereocenters. The third-order valence-corrected chi connectivity index (χ3v) is 4.63. The van der Waals surface area contributed by atoms with E-state index in [2.05, 4.69) is 25.3 Å². The van der Waals surface area contributed by atoms with E-state index in [1.807, 2.05) is 0 Å². The van der Waals surface area contributed by atoms with Gasteiger partial charge in [0.2, 0.25) is 0 Å². The molecule has 2 aromatic heterocycles. The van der Waals surface area contributed by atoms with Gasteiger partial charge < -0.3 is 5.11 Å². The molecule has 0 spiro atoms. The van der Waals surface area contributed by atoms with Crippen LogP contribution in [0.25, 0.3) is 0 Å². The number of hydrogen-bond donors (Lipinski definition) is 2. The van der Waals surface area contributed by atoms with Crippen molar-refractivity contribution in [2.24, 2.45) is 0 Å². The maximum absolute atomic E-state index is 14.7. The molecule has 2 heterocycles. The third kappa shape index (κ3) is 3.29. The van der Waals surface area contributed by atoms with Crippen LogP contribution in [0.2, 0.25) is 0 Å². The first-order valence-corrected chi connectivity index (χ1v) is 7.84. The van der Waals surface area contributed by atoms with Gasteiger partial charge in [0.15, 0.2) is 0 Å². The first kappa shape index (κ1) is 19.0. The monoisotopic (exact) mass is 384 g/mol. The van der Waals surface area contributed by atoms with Crippen LogP contribution < -0.4 is 0 Å². The Bertz CT molecular complexity index is 908. The number of alkyl halides is 3. The van der Waals surface area contributed by atoms with E-state index in [1.54, 1.807) is 13.8 Å². The maximum atomic E-state index is 14.7. The number of hydrogen-bond acceptors (Lipinski definition) is 5. The lowest BCUT2D eigenvalue weighted by atomic mass is 9.74. The minimum absolute atomic E-state index is 0.227. The summed E-state index contributed by atoms with van der Waals surface area (Å²) in [5.41, 5.74) is -4.79. The van der Waals surface area contributed by atoms with Gasteiger partial charge in [0.05, 0.1) is 11.1 Å². The summed E-state index contributed by atoms with van der Waals surface area (Å²) in [6, 6.07) is 2.01. The Labute approximate surface area is 151 Å². The van der Waals surface area contributed by atoms with E-state index in [4.69, 9.17) is 0 Å². The van der Waals surface area contributed by atoms with Gasteiger partial charge in [-0.2, -0.15) is 23.4 Å². The summed E-state index contributed by atoms with van der Waals surface area (Å²) >= 11 is 0. The van der Waals surface area contributed by atoms with Gasteiger partial charge >= 0.3 is 6.18 Å². The molecule has 0 saturated carbocycles. The van der Waals surface area contributed by atoms with Crippen LogP contribution in [0.1, 0.15) is 30.8 Å². The van der Waals surface area contributed by atoms with E-state index in [9.17, 15) is 22.7 Å². The van der Waals surface area contributed by atoms with Crippen LogP contribution in [0, 0.1) is 5.82 Å². The number of H-pyrrole nitrogens is 1. The normalized spacial score (nSPS) is 14.9. The van der Waals surface area contributed by atoms with E-state index in [0.717, 1.165) is 12.1 Å². The number of benzene rings is 1. The third-order valence-electron chi connectivity index (χ3n) is 4.63. The lowest BCUT2D eigenvalue weighted by Gasteiger charge is -2.42. The molecule has 27 heavy (non-hydrogen) atoms. The Morgan fingerprint density at radius 3 is 2.44 bits per heavy atom. The van der Waals surface area contributed by atoms with Crippen LogP contribution in [0.3, 0.4) is 0 Å². The molecule has 0 aliphatic rings. The Kier molecular flexibility index (Phi) is 4.50. The number of aliphatic hydroxyl groups is 1. The largest absolute Gasteiger partial charge is 0.416 e. The predicted molar refractivity (Wildman–Crippen MR) is 84.7 cm³/mol. The highest BCUT2D eigenvalue weighted by Crippen LogP contribution is 2.42. The number of rotatable bonds is 5. The van der Waals surface area contributed by atoms with Crippen LogP contribution in [-0.4, -0.2) is 35.1 Å². The van der Waals surface area contributed by atoms with Crippen molar-refractivity contribution in [3.8, 4) is 0 Å². The molecule has 0 aliphatic carbocycles. The molecule has 0 radical (unpaired) electrons. The second-order valence-electron chi connectivity index (χ2n) is 6.56. The molecule has 1 aromatic carbocycles. The highest BCUT2D eigenvalue weighted by atomic mass is 19.4. The van der Waals surface area contributed by atoms with Gasteiger partial charge in [0.25, 0.3) is 0 Å². The Balaban J connectivity index is 2.16. The summed E-state index contributed by atoms with van der Waals surface area (Å²) in [5, 5.41) is 21.8. The summed E-state index contributed by atoms with van der Waals surface area (Å²) < 4.78 is 54.7. The van der Waals surface area contributed by atoms with Gasteiger partial charge in [-0.15, -0.1) is 0 Å². The molecule has 2 N–H and O–H groups in total. The smallest absolute Gasteiger partial charge is 0.382 e. The van der Waals surface area contributed by atoms with Crippen molar-refractivity contribution in [3.63, 3.8) is 0 Å². The molecule has 0 fully saturated rings. The molecule has 0 amide bonds. The van der Waals surface area contributed by atoms with Crippen molar-refractivity contribution in [1.29, 1.82) is 0 Å². The average molecular weight is 384 g/mol. The molecule has 11 heteroatoms. The highest BCUT2D eigenvalue weighted by Gasteiger charge is 2.49. The number of aromatic nitrogens is 6. The quantitative estimate of drug-likeness (QED) is 0.659. The molecule has 7 nitrogen and oxygen atoms in total. The SMILES string of the molecule is CC(C)(n1cncn1)C(O)(Cc1ncn[nH]1)c1ccc(C(F)(F)F)cc1F. The van der Waals surface area contributed by atoms with E-state index < -0.39 is 28.7 Å². The van der Waals surface area contributed by atoms with Gasteiger partial charge in [-0.3, -0.25) is 5.10 Å². The zero-order valence-electron chi connectivity index (χ0n) is 14.4. The van der Waals surface area contributed by atoms with Gasteiger partial charge in [-0.05, 0) is 26.0 Å². The summed E-state index contributed by atoms with van der Waals surface area (Å²) in [5.74, 6) is -0.968. The molecule has 0 bridgehead atoms. The maximum Gasteiger partial charge on any atom is 0.416 e. The van der Waals surface area contributed by atoms with Crippen LogP contribution in [0.15, 0.2) is 37.2 Å². The van der Waals surface area contributed by atoms with Crippen LogP contribution in [0.4, 0.5) is 17.6 Å². The van der Waals surface area contributed by atoms with E-state index >= 15 is 0 Å². The molecule has 3 rings (SSSR count). The van der Waals surface area contributed by atoms with Crippen molar-refractivity contribution < 1.29 is 22.7 Å². The zero-order valence-corrected chi connectivity index (χ0v) is 14.4. The van der Waals surface area contributed by atoms with Gasteiger partial charge in [0.1, 0.15) is 36.2 Å². The van der Waals surface area contributed by atoms with Gasteiger partial charge in [-0.1, -0.05) is 6.07 Å². The summed E-state index contributed by atoms with van der Waals surface area (Å²) in [6.45, 7) is 3.13. The van der Waals surface area contributed by atoms with Gasteiger partial charge in [0, 0.05) is 12.0 Å². The lowest BCUT2D eigenvalue weighted by molar-refractivity contribution is -0.138. The molecule has 0 aliphatic heterocycles. The fourth-order valence-electron chi connectivity index (χ4n) is 2.91. The Hall–Kier alpha value is -2.82. The minimum Gasteiger partial charge on any atom is -0.382 e. The van der Waals surface area contributed by atoms with Crippen LogP contribution in [0.5, 0.6) is 0 Å². The van der Waals surface area contributed by atoms with Crippen LogP contribution >= 0.6 is 0 Å². The molecule has 0 saturated heterocycles. The summed E-state index contributed by atoms with van der Waals surface area (Å²) in [4.78, 5) is 7.76. The Morgan fingerprint density at radius 2 is 1.93 bits per heavy atom. The van der Waals surface area contributed by atoms with E-state index in [1.165, 1.54) is 23.7 Å². The molecular formula is C16H16F4N6O. The van der Waals surface area contributed by atoms with E-state index in [-0.39, 0.29) is 17.8 Å². The number of nitrogens with one attached hydrogen (secondary N) is 1. The predicted octanol–water partition coefficient (Wildman–Crippen LogP) is 2.42. The van der Waals surface area contributed by atoms with Gasteiger partial charge in [-0.25, -0.2) is 19.0 Å². The zero-order chi connectivity index (χ0) is 19.9.